The Morgan fingerprint density at radius 1 is 0.870 bits per heavy atom. The van der Waals surface area contributed by atoms with Gasteiger partial charge in [-0.2, -0.15) is 0 Å². The van der Waals surface area contributed by atoms with Crippen molar-refractivity contribution in [1.82, 2.24) is 18.3 Å². The molecule has 0 radical (unpaired) electrons. The molecule has 0 amide bonds. The number of aryl methyl sites for hydroxylation is 2. The quantitative estimate of drug-likeness (QED) is 0.331. The van der Waals surface area contributed by atoms with Crippen LogP contribution in [0.2, 0.25) is 5.02 Å². The third kappa shape index (κ3) is 3.48. The van der Waals surface area contributed by atoms with Crippen LogP contribution in [0.5, 0.6) is 17.2 Å². The summed E-state index contributed by atoms with van der Waals surface area (Å²) in [7, 11) is 8.99. The fourth-order valence-electron chi connectivity index (χ4n) is 7.23. The molecular formula is C32H30ClN5O8. The SMILES string of the molecule is COc1cc(OC)c2c(c1Cl)OC1(C(=O)C3=C(CC1C)Nc1c(c(=O)n(C)c(=O)n1C)C3c1ccc3c(c1)n(C)c(=O)n3C)C2=O. The number of allylic oxidation sites excluding steroid dienone is 1. The normalized spacial score (nSPS) is 21.7. The van der Waals surface area contributed by atoms with Gasteiger partial charge in [-0.25, -0.2) is 9.59 Å². The van der Waals surface area contributed by atoms with Gasteiger partial charge in [-0.3, -0.25) is 32.7 Å². The summed E-state index contributed by atoms with van der Waals surface area (Å²) in [5.74, 6) is -2.44. The molecule has 13 nitrogen and oxygen atoms in total. The fourth-order valence-corrected chi connectivity index (χ4v) is 7.49. The molecule has 1 spiro atoms. The molecule has 0 saturated carbocycles. The van der Waals surface area contributed by atoms with Gasteiger partial charge in [0.25, 0.3) is 5.56 Å². The molecule has 0 bridgehead atoms. The number of anilines is 1. The molecule has 14 heteroatoms. The molecular weight excluding hydrogens is 618 g/mol. The number of aromatic nitrogens is 4. The molecule has 46 heavy (non-hydrogen) atoms. The van der Waals surface area contributed by atoms with E-state index in [1.165, 1.54) is 48.1 Å². The molecule has 0 saturated heterocycles. The molecule has 1 aliphatic carbocycles. The number of fused-ring (bicyclic) bond motifs is 3. The summed E-state index contributed by atoms with van der Waals surface area (Å²) in [4.78, 5) is 69.3. The van der Waals surface area contributed by atoms with Gasteiger partial charge in [-0.1, -0.05) is 24.6 Å². The first-order valence-corrected chi connectivity index (χ1v) is 14.9. The maximum absolute atomic E-state index is 15.1. The average molecular weight is 648 g/mol. The summed E-state index contributed by atoms with van der Waals surface area (Å²) >= 11 is 6.63. The van der Waals surface area contributed by atoms with Crippen LogP contribution in [0.25, 0.3) is 11.0 Å². The van der Waals surface area contributed by atoms with Crippen LogP contribution in [0, 0.1) is 5.92 Å². The Bertz CT molecular complexity index is 2310. The van der Waals surface area contributed by atoms with Crippen molar-refractivity contribution >= 4 is 40.0 Å². The second-order valence-electron chi connectivity index (χ2n) is 12.0. The van der Waals surface area contributed by atoms with Crippen LogP contribution in [-0.2, 0) is 33.0 Å². The molecule has 0 fully saturated rings. The zero-order valence-corrected chi connectivity index (χ0v) is 26.9. The highest BCUT2D eigenvalue weighted by atomic mass is 35.5. The highest BCUT2D eigenvalue weighted by Gasteiger charge is 2.63. The standard InChI is InChI=1S/C32H30ClN5O8/c1-13-10-15-21(26(39)32(13)27(40)22-18(44-6)12-19(45-7)24(33)25(22)46-32)20(23-28(34-15)37(4)31(43)38(5)29(23)41)14-8-9-16-17(11-14)36(3)30(42)35(16)2/h8-9,11-13,20,34H,10H2,1-7H3. The van der Waals surface area contributed by atoms with E-state index in [-0.39, 0.29) is 56.9 Å². The van der Waals surface area contributed by atoms with Crippen molar-refractivity contribution in [2.75, 3.05) is 19.5 Å². The van der Waals surface area contributed by atoms with Crippen LogP contribution in [0.1, 0.15) is 40.7 Å². The molecule has 2 aromatic heterocycles. The van der Waals surface area contributed by atoms with Gasteiger partial charge in [0.05, 0.1) is 30.8 Å². The summed E-state index contributed by atoms with van der Waals surface area (Å²) in [6.07, 6.45) is 0.156. The lowest BCUT2D eigenvalue weighted by Crippen LogP contribution is -2.58. The first-order valence-electron chi connectivity index (χ1n) is 14.5. The summed E-state index contributed by atoms with van der Waals surface area (Å²) in [5, 5.41) is 3.22. The lowest BCUT2D eigenvalue weighted by molar-refractivity contribution is -0.130. The van der Waals surface area contributed by atoms with Crippen molar-refractivity contribution in [3.8, 4) is 17.2 Å². The number of halogens is 1. The number of benzene rings is 2. The topological polar surface area (TPSA) is 145 Å². The smallest absolute Gasteiger partial charge is 0.332 e. The van der Waals surface area contributed by atoms with E-state index in [1.807, 2.05) is 0 Å². The van der Waals surface area contributed by atoms with Gasteiger partial charge in [0.15, 0.2) is 5.75 Å². The van der Waals surface area contributed by atoms with Crippen molar-refractivity contribution in [3.63, 3.8) is 0 Å². The number of Topliss-reactive ketones (excluding diaryl/α,β-unsaturated/α-hetero) is 2. The van der Waals surface area contributed by atoms with Crippen molar-refractivity contribution in [2.45, 2.75) is 24.9 Å². The van der Waals surface area contributed by atoms with Crippen molar-refractivity contribution < 1.29 is 23.8 Å². The van der Waals surface area contributed by atoms with Crippen molar-refractivity contribution in [2.24, 2.45) is 34.1 Å². The zero-order chi connectivity index (χ0) is 33.1. The molecule has 3 aliphatic rings. The number of carbonyl (C=O) groups excluding carboxylic acids is 2. The molecule has 7 rings (SSSR count). The van der Waals surface area contributed by atoms with Gasteiger partial charge in [-0.15, -0.1) is 0 Å². The number of imidazole rings is 1. The number of methoxy groups -OCH3 is 2. The van der Waals surface area contributed by atoms with Gasteiger partial charge in [0.2, 0.25) is 17.2 Å². The summed E-state index contributed by atoms with van der Waals surface area (Å²) < 4.78 is 22.5. The van der Waals surface area contributed by atoms with Crippen LogP contribution in [0.3, 0.4) is 0 Å². The van der Waals surface area contributed by atoms with Crippen LogP contribution in [0.4, 0.5) is 5.82 Å². The van der Waals surface area contributed by atoms with Gasteiger partial charge >= 0.3 is 11.4 Å². The second-order valence-corrected chi connectivity index (χ2v) is 12.3. The van der Waals surface area contributed by atoms with Crippen LogP contribution < -0.4 is 36.5 Å². The van der Waals surface area contributed by atoms with Gasteiger partial charge in [0.1, 0.15) is 27.9 Å². The number of ether oxygens (including phenoxy) is 3. The Morgan fingerprint density at radius 2 is 1.52 bits per heavy atom. The molecule has 1 N–H and O–H groups in total. The molecule has 2 aliphatic heterocycles. The third-order valence-corrected chi connectivity index (χ3v) is 10.1. The lowest BCUT2D eigenvalue weighted by Gasteiger charge is -2.42. The third-order valence-electron chi connectivity index (χ3n) is 9.71. The number of nitrogens with one attached hydrogen (secondary N) is 1. The van der Waals surface area contributed by atoms with Crippen LogP contribution in [0.15, 0.2) is 49.9 Å². The Morgan fingerprint density at radius 3 is 2.20 bits per heavy atom. The number of ketones is 2. The second kappa shape index (κ2) is 9.73. The van der Waals surface area contributed by atoms with Crippen molar-refractivity contribution in [3.05, 3.63) is 88.6 Å². The number of carbonyl (C=O) groups is 2. The molecule has 3 atom stereocenters. The number of rotatable bonds is 3. The number of hydrogen-bond donors (Lipinski definition) is 1. The Hall–Kier alpha value is -5.04. The number of nitrogens with zero attached hydrogens (tertiary/aromatic N) is 4. The van der Waals surface area contributed by atoms with E-state index >= 15 is 4.79 Å². The van der Waals surface area contributed by atoms with E-state index in [1.54, 1.807) is 39.2 Å². The first kappa shape index (κ1) is 29.7. The van der Waals surface area contributed by atoms with E-state index in [0.717, 1.165) is 4.57 Å². The zero-order valence-electron chi connectivity index (χ0n) is 26.1. The summed E-state index contributed by atoms with van der Waals surface area (Å²) in [6.45, 7) is 1.73. The Labute approximate surface area is 266 Å². The van der Waals surface area contributed by atoms with E-state index in [0.29, 0.717) is 22.3 Å². The van der Waals surface area contributed by atoms with Gasteiger partial charge in [-0.05, 0) is 24.1 Å². The van der Waals surface area contributed by atoms with Crippen LogP contribution in [-0.4, -0.2) is 49.7 Å². The summed E-state index contributed by atoms with van der Waals surface area (Å²) in [6, 6.07) is 6.71. The predicted octanol–water partition coefficient (Wildman–Crippen LogP) is 2.38. The minimum absolute atomic E-state index is 0.0197. The lowest BCUT2D eigenvalue weighted by atomic mass is 9.66. The maximum atomic E-state index is 15.1. The van der Waals surface area contributed by atoms with Gasteiger partial charge < -0.3 is 19.5 Å². The van der Waals surface area contributed by atoms with Crippen molar-refractivity contribution in [1.29, 1.82) is 0 Å². The van der Waals surface area contributed by atoms with E-state index in [4.69, 9.17) is 25.8 Å². The number of hydrogen-bond acceptors (Lipinski definition) is 9. The maximum Gasteiger partial charge on any atom is 0.332 e. The molecule has 4 heterocycles. The van der Waals surface area contributed by atoms with E-state index in [9.17, 15) is 19.2 Å². The minimum Gasteiger partial charge on any atom is -0.496 e. The molecule has 4 aromatic rings. The highest BCUT2D eigenvalue weighted by molar-refractivity contribution is 6.36. The minimum atomic E-state index is -2.03. The fraction of sp³-hybridized carbons (Fsp3) is 0.344. The monoisotopic (exact) mass is 647 g/mol. The Balaban J connectivity index is 1.51. The first-order chi connectivity index (χ1) is 21.8. The highest BCUT2D eigenvalue weighted by Crippen LogP contribution is 2.56. The van der Waals surface area contributed by atoms with Gasteiger partial charge in [0, 0.05) is 57.4 Å². The van der Waals surface area contributed by atoms with E-state index < -0.39 is 40.3 Å². The molecule has 2 aromatic carbocycles. The Kier molecular flexibility index (Phi) is 6.27. The molecule has 3 unspecified atom stereocenters. The predicted molar refractivity (Wildman–Crippen MR) is 169 cm³/mol. The van der Waals surface area contributed by atoms with Crippen LogP contribution >= 0.6 is 11.6 Å². The summed E-state index contributed by atoms with van der Waals surface area (Å²) in [5.41, 5.74) is -0.944. The average Bonchev–Trinajstić information content (AvgIpc) is 3.48. The van der Waals surface area contributed by atoms with E-state index in [2.05, 4.69) is 5.32 Å². The molecule has 238 valence electrons. The largest absolute Gasteiger partial charge is 0.496 e.